The maximum absolute atomic E-state index is 13.0. The normalized spacial score (nSPS) is 40.2. The number of nitrogen functional groups attached to an aromatic ring is 1. The molecule has 4 heterocycles. The van der Waals surface area contributed by atoms with Crippen molar-refractivity contribution in [3.05, 3.63) is 144 Å². The number of aliphatic hydroxyl groups is 3. The first-order valence-corrected chi connectivity index (χ1v) is 35.2. The summed E-state index contributed by atoms with van der Waals surface area (Å²) in [4.78, 5) is 70.0. The van der Waals surface area contributed by atoms with Gasteiger partial charge in [0.25, 0.3) is 29.1 Å². The highest BCUT2D eigenvalue weighted by atomic mass is 32.1. The van der Waals surface area contributed by atoms with Crippen LogP contribution in [-0.4, -0.2) is 107 Å². The van der Waals surface area contributed by atoms with Gasteiger partial charge in [0.05, 0.1) is 56.4 Å². The highest BCUT2D eigenvalue weighted by Gasteiger charge is 2.65. The van der Waals surface area contributed by atoms with Gasteiger partial charge in [-0.25, -0.2) is 0 Å². The van der Waals surface area contributed by atoms with Crippen LogP contribution in [0.4, 0.5) is 17.1 Å². The van der Waals surface area contributed by atoms with E-state index in [1.807, 2.05) is 47.4 Å². The predicted octanol–water partition coefficient (Wildman–Crippen LogP) is 12.4. The second-order valence-corrected chi connectivity index (χ2v) is 33.8. The van der Waals surface area contributed by atoms with E-state index in [1.165, 1.54) is 57.4 Å². The van der Waals surface area contributed by atoms with E-state index in [-0.39, 0.29) is 50.6 Å². The fraction of sp³-hybridized carbons (Fsp3) is 0.622. The monoisotopic (exact) mass is 1270 g/mol. The third kappa shape index (κ3) is 9.32. The summed E-state index contributed by atoms with van der Waals surface area (Å²) in [5.74, 6) is 6.28. The van der Waals surface area contributed by atoms with Crippen molar-refractivity contribution < 1.29 is 39.5 Å². The number of hydrogen-bond acceptors (Lipinski definition) is 12. The molecular weight excluding hydrogens is 1180 g/mol. The minimum Gasteiger partial charge on any atom is -0.398 e. The number of rotatable bonds is 7. The van der Waals surface area contributed by atoms with Gasteiger partial charge in [0.2, 0.25) is 0 Å². The first-order chi connectivity index (χ1) is 43.9. The number of nitro groups is 2. The molecule has 5 N–H and O–H groups in total. The highest BCUT2D eigenvalue weighted by Crippen LogP contribution is 2.65. The van der Waals surface area contributed by atoms with Gasteiger partial charge in [0, 0.05) is 75.8 Å². The zero-order valence-electron chi connectivity index (χ0n) is 52.9. The minimum atomic E-state index is -0.648. The van der Waals surface area contributed by atoms with E-state index < -0.39 is 21.7 Å². The van der Waals surface area contributed by atoms with Crippen LogP contribution in [0.15, 0.2) is 78.9 Å². The molecule has 7 unspecified atom stereocenters. The van der Waals surface area contributed by atoms with Gasteiger partial charge < -0.3 is 40.7 Å². The molecule has 24 rings (SSSR count). The van der Waals surface area contributed by atoms with E-state index in [1.54, 1.807) is 24.3 Å². The zero-order valence-corrected chi connectivity index (χ0v) is 53.8. The molecular formula is C74H87N7O10S. The number of carbonyl (C=O) groups excluding carboxylic acids is 3. The molecule has 16 saturated carbocycles. The van der Waals surface area contributed by atoms with Crippen LogP contribution in [0.3, 0.4) is 0 Å². The van der Waals surface area contributed by atoms with E-state index in [4.69, 9.17) is 18.0 Å². The summed E-state index contributed by atoms with van der Waals surface area (Å²) in [6.45, 7) is 4.60. The van der Waals surface area contributed by atoms with Gasteiger partial charge in [0.15, 0.2) is 0 Å². The topological polar surface area (TPSA) is 237 Å². The number of benzene rings is 4. The van der Waals surface area contributed by atoms with Crippen molar-refractivity contribution in [2.24, 2.45) is 58.7 Å². The van der Waals surface area contributed by atoms with Crippen LogP contribution in [0.2, 0.25) is 0 Å². The van der Waals surface area contributed by atoms with Crippen LogP contribution >= 0.6 is 12.2 Å². The molecule has 3 amide bonds. The minimum absolute atomic E-state index is 0.0341. The van der Waals surface area contributed by atoms with Crippen molar-refractivity contribution in [1.82, 2.24) is 19.6 Å². The third-order valence-corrected chi connectivity index (χ3v) is 27.7. The van der Waals surface area contributed by atoms with Crippen LogP contribution in [0, 0.1) is 78.9 Å². The Morgan fingerprint density at radius 3 is 1.24 bits per heavy atom. The van der Waals surface area contributed by atoms with Crippen LogP contribution in [-0.2, 0) is 26.2 Å². The number of anilines is 1. The molecule has 0 spiro atoms. The maximum atomic E-state index is 13.0. The zero-order chi connectivity index (χ0) is 63.4. The van der Waals surface area contributed by atoms with E-state index >= 15 is 0 Å². The number of fused-ring (bicyclic) bond motifs is 4. The van der Waals surface area contributed by atoms with Gasteiger partial charge in [-0.1, -0.05) is 54.7 Å². The molecule has 0 saturated heterocycles. The molecule has 7 atom stereocenters. The Labute approximate surface area is 543 Å². The Morgan fingerprint density at radius 2 is 0.815 bits per heavy atom. The number of thiocarbonyl (C=S) groups is 1. The van der Waals surface area contributed by atoms with Crippen molar-refractivity contribution in [2.75, 3.05) is 5.73 Å². The lowest BCUT2D eigenvalue weighted by Gasteiger charge is -2.62. The summed E-state index contributed by atoms with van der Waals surface area (Å²) in [5.41, 5.74) is 11.7. The van der Waals surface area contributed by atoms with Gasteiger partial charge >= 0.3 is 0 Å². The number of nitrogens with zero attached hydrogens (tertiary/aromatic N) is 6. The average molecular weight is 1270 g/mol. The van der Waals surface area contributed by atoms with Crippen molar-refractivity contribution in [3.63, 3.8) is 0 Å². The van der Waals surface area contributed by atoms with Gasteiger partial charge in [-0.2, -0.15) is 0 Å². The summed E-state index contributed by atoms with van der Waals surface area (Å²) in [6, 6.07) is 24.1. The lowest BCUT2D eigenvalue weighted by molar-refractivity contribution is -0.385. The van der Waals surface area contributed by atoms with Crippen LogP contribution in [0.25, 0.3) is 0 Å². The number of nitrogens with two attached hydrogens (primary N) is 1. The summed E-state index contributed by atoms with van der Waals surface area (Å²) in [6.07, 6.45) is 25.8. The molecule has 20 aliphatic rings. The van der Waals surface area contributed by atoms with E-state index in [0.29, 0.717) is 84.1 Å². The van der Waals surface area contributed by atoms with Crippen molar-refractivity contribution in [1.29, 1.82) is 0 Å². The van der Waals surface area contributed by atoms with Gasteiger partial charge in [-0.05, 0) is 250 Å². The summed E-state index contributed by atoms with van der Waals surface area (Å²) in [5, 5.41) is 55.5. The van der Waals surface area contributed by atoms with Crippen LogP contribution < -0.4 is 5.73 Å². The molecule has 18 heteroatoms. The predicted molar refractivity (Wildman–Crippen MR) is 348 cm³/mol. The van der Waals surface area contributed by atoms with Crippen LogP contribution in [0.1, 0.15) is 220 Å². The Morgan fingerprint density at radius 1 is 0.457 bits per heavy atom. The molecule has 16 aliphatic carbocycles. The SMILES string of the molecule is CC(N1Cc2c(cccc2[N+](=O)[O-])C1=S)C12CC3CC(CC(C3)C1)C2.Nc1cccc2c1CN(C13CC4CC(CC(O)(C4)C1)C3)C2=O.O=C1c2cccc([N+](=O)[O-])c2CN1C12CC3CC(CC(O)(C3)C1)C2.O=C1c2ccccc2CN1C12CC3CC(CC(O)(C3)C1)C2. The Balaban J connectivity index is 0.0000000941. The number of hydrogen-bond donors (Lipinski definition) is 4. The van der Waals surface area contributed by atoms with Crippen LogP contribution in [0.5, 0.6) is 0 Å². The molecule has 17 nitrogen and oxygen atoms in total. The fourth-order valence-corrected chi connectivity index (χ4v) is 26.0. The van der Waals surface area contributed by atoms with Gasteiger partial charge in [-0.3, -0.25) is 34.6 Å². The number of nitro benzene ring substituents is 2. The van der Waals surface area contributed by atoms with Crippen molar-refractivity contribution in [3.8, 4) is 0 Å². The molecule has 92 heavy (non-hydrogen) atoms. The molecule has 4 aromatic carbocycles. The van der Waals surface area contributed by atoms with Crippen molar-refractivity contribution >= 4 is 52.0 Å². The molecule has 0 radical (unpaired) electrons. The maximum Gasteiger partial charge on any atom is 0.275 e. The average Bonchev–Trinajstić information content (AvgIpc) is 1.25. The summed E-state index contributed by atoms with van der Waals surface area (Å²) in [7, 11) is 0. The first kappa shape index (κ1) is 59.4. The van der Waals surface area contributed by atoms with E-state index in [0.717, 1.165) is 165 Å². The van der Waals surface area contributed by atoms with Gasteiger partial charge in [0.1, 0.15) is 4.99 Å². The molecule has 16 bridgehead atoms. The molecule has 484 valence electrons. The Bertz CT molecular complexity index is 3770. The van der Waals surface area contributed by atoms with Crippen molar-refractivity contribution in [2.45, 2.75) is 227 Å². The summed E-state index contributed by atoms with van der Waals surface area (Å²) < 4.78 is 0. The lowest BCUT2D eigenvalue weighted by atomic mass is 9.47. The standard InChI is InChI=1S/C20H24N2O2S.C18H20N2O4.C18H22N2O2.C18H21NO2/c1-12(20-8-13-5-14(9-20)7-15(6-13)10-20)21-11-17-16(19(21)25)3-2-4-18(17)22(23)24;21-16-13-2-1-3-15(20(23)24)14(13)9-19(16)17-5-11-4-12(6-17)8-18(22,7-11)10-17;19-15-3-1-2-13-14(15)9-20(16(13)21)17-5-11-4-12(6-17)8-18(22,7-11)10-17;20-16-15-4-2-1-3-14(15)10-19(16)17-6-12-5-13(7-17)9-18(21,8-12)11-17/h2-4,12-15H,5-11H2,1H3;1-3,11-12,22H,4-10H2;1-3,11-12,22H,4-10,19H2;1-4,12-13,21H,5-11H2. The quantitative estimate of drug-likeness (QED) is 0.0584. The molecule has 4 aromatic rings. The molecule has 4 aliphatic heterocycles. The molecule has 0 aromatic heterocycles. The second kappa shape index (κ2) is 20.6. The number of amides is 3. The second-order valence-electron chi connectivity index (χ2n) is 33.4. The molecule has 16 fully saturated rings. The summed E-state index contributed by atoms with van der Waals surface area (Å²) >= 11 is 5.78. The first-order valence-electron chi connectivity index (χ1n) is 34.8. The van der Waals surface area contributed by atoms with E-state index in [9.17, 15) is 49.9 Å². The number of carbonyl (C=O) groups is 3. The lowest BCUT2D eigenvalue weighted by Crippen LogP contribution is -2.65. The third-order valence-electron chi connectivity index (χ3n) is 27.3. The Hall–Kier alpha value is -6.34. The fourth-order valence-electron chi connectivity index (χ4n) is 25.5. The smallest absolute Gasteiger partial charge is 0.275 e. The highest BCUT2D eigenvalue weighted by molar-refractivity contribution is 7.80. The van der Waals surface area contributed by atoms with E-state index in [2.05, 4.69) is 27.7 Å². The Kier molecular flexibility index (Phi) is 13.3. The largest absolute Gasteiger partial charge is 0.398 e. The van der Waals surface area contributed by atoms with Gasteiger partial charge in [-0.15, -0.1) is 0 Å².